The third-order valence-corrected chi connectivity index (χ3v) is 4.71. The van der Waals surface area contributed by atoms with Gasteiger partial charge in [-0.3, -0.25) is 0 Å². The number of halogens is 1. The molecular weight excluding hydrogens is 274 g/mol. The Bertz CT molecular complexity index is 380. The highest BCUT2D eigenvalue weighted by molar-refractivity contribution is 9.10. The van der Waals surface area contributed by atoms with Crippen molar-refractivity contribution in [1.29, 1.82) is 0 Å². The van der Waals surface area contributed by atoms with Crippen molar-refractivity contribution in [1.82, 2.24) is 0 Å². The van der Waals surface area contributed by atoms with Gasteiger partial charge in [-0.1, -0.05) is 31.4 Å². The standard InChI is InChI=1S/C15H20BrN/c16-14-8-4-5-9-15(14)17(13-10-11-13)12-6-2-1-3-7-12/h4-5,8-9,12-13H,1-3,6-7,10-11H2. The molecule has 3 rings (SSSR count). The molecule has 0 atom stereocenters. The Morgan fingerprint density at radius 1 is 0.882 bits per heavy atom. The Labute approximate surface area is 112 Å². The summed E-state index contributed by atoms with van der Waals surface area (Å²) in [7, 11) is 0. The van der Waals surface area contributed by atoms with Gasteiger partial charge in [-0.15, -0.1) is 0 Å². The smallest absolute Gasteiger partial charge is 0.0515 e. The quantitative estimate of drug-likeness (QED) is 0.777. The fourth-order valence-electron chi connectivity index (χ4n) is 3.06. The highest BCUT2D eigenvalue weighted by Gasteiger charge is 2.35. The topological polar surface area (TPSA) is 3.24 Å². The number of anilines is 1. The molecule has 2 aliphatic rings. The van der Waals surface area contributed by atoms with Crippen LogP contribution in [0.1, 0.15) is 44.9 Å². The van der Waals surface area contributed by atoms with Crippen molar-refractivity contribution in [2.24, 2.45) is 0 Å². The Morgan fingerprint density at radius 3 is 2.18 bits per heavy atom. The molecule has 1 aromatic carbocycles. The molecule has 0 radical (unpaired) electrons. The number of benzene rings is 1. The molecule has 0 aromatic heterocycles. The molecule has 2 saturated carbocycles. The molecule has 0 aliphatic heterocycles. The number of para-hydroxylation sites is 1. The van der Waals surface area contributed by atoms with E-state index in [1.807, 2.05) is 0 Å². The molecule has 2 fully saturated rings. The molecule has 2 aliphatic carbocycles. The predicted molar refractivity (Wildman–Crippen MR) is 76.5 cm³/mol. The minimum Gasteiger partial charge on any atom is -0.365 e. The van der Waals surface area contributed by atoms with Gasteiger partial charge in [-0.2, -0.15) is 0 Å². The summed E-state index contributed by atoms with van der Waals surface area (Å²) in [5, 5.41) is 0. The molecule has 2 heteroatoms. The van der Waals surface area contributed by atoms with Gasteiger partial charge in [0.2, 0.25) is 0 Å². The van der Waals surface area contributed by atoms with Crippen LogP contribution in [0.3, 0.4) is 0 Å². The van der Waals surface area contributed by atoms with E-state index in [0.717, 1.165) is 12.1 Å². The molecule has 92 valence electrons. The largest absolute Gasteiger partial charge is 0.365 e. The van der Waals surface area contributed by atoms with E-state index in [0.29, 0.717) is 0 Å². The summed E-state index contributed by atoms with van der Waals surface area (Å²) in [6.07, 6.45) is 9.81. The maximum atomic E-state index is 3.72. The first-order valence-electron chi connectivity index (χ1n) is 6.89. The number of hydrogen-bond acceptors (Lipinski definition) is 1. The van der Waals surface area contributed by atoms with Crippen LogP contribution in [0, 0.1) is 0 Å². The van der Waals surface area contributed by atoms with Crippen molar-refractivity contribution in [2.75, 3.05) is 4.90 Å². The normalized spacial score (nSPS) is 21.5. The monoisotopic (exact) mass is 293 g/mol. The van der Waals surface area contributed by atoms with Crippen LogP contribution in [0.4, 0.5) is 5.69 Å². The van der Waals surface area contributed by atoms with Gasteiger partial charge in [-0.05, 0) is 53.7 Å². The predicted octanol–water partition coefficient (Wildman–Crippen LogP) is 4.75. The van der Waals surface area contributed by atoms with Gasteiger partial charge in [0.05, 0.1) is 5.69 Å². The van der Waals surface area contributed by atoms with Crippen LogP contribution in [-0.4, -0.2) is 12.1 Å². The zero-order valence-electron chi connectivity index (χ0n) is 10.2. The Kier molecular flexibility index (Phi) is 3.41. The van der Waals surface area contributed by atoms with E-state index in [-0.39, 0.29) is 0 Å². The van der Waals surface area contributed by atoms with Crippen molar-refractivity contribution in [2.45, 2.75) is 57.0 Å². The van der Waals surface area contributed by atoms with Gasteiger partial charge in [-0.25, -0.2) is 0 Å². The Morgan fingerprint density at radius 2 is 1.53 bits per heavy atom. The maximum Gasteiger partial charge on any atom is 0.0515 e. The van der Waals surface area contributed by atoms with E-state index >= 15 is 0 Å². The minimum absolute atomic E-state index is 0.787. The maximum absolute atomic E-state index is 3.72. The summed E-state index contributed by atoms with van der Waals surface area (Å²) in [5.41, 5.74) is 1.42. The Balaban J connectivity index is 1.86. The van der Waals surface area contributed by atoms with Crippen LogP contribution >= 0.6 is 15.9 Å². The molecule has 17 heavy (non-hydrogen) atoms. The lowest BCUT2D eigenvalue weighted by molar-refractivity contribution is 0.412. The highest BCUT2D eigenvalue weighted by atomic mass is 79.9. The molecular formula is C15H20BrN. The van der Waals surface area contributed by atoms with E-state index in [9.17, 15) is 0 Å². The van der Waals surface area contributed by atoms with Crippen molar-refractivity contribution < 1.29 is 0 Å². The molecule has 0 spiro atoms. The lowest BCUT2D eigenvalue weighted by atomic mass is 9.93. The van der Waals surface area contributed by atoms with Crippen LogP contribution in [0.5, 0.6) is 0 Å². The van der Waals surface area contributed by atoms with Gasteiger partial charge in [0.25, 0.3) is 0 Å². The second-order valence-electron chi connectivity index (χ2n) is 5.38. The second-order valence-corrected chi connectivity index (χ2v) is 6.24. The first kappa shape index (κ1) is 11.6. The SMILES string of the molecule is Brc1ccccc1N(C1CCCCC1)C1CC1. The first-order chi connectivity index (χ1) is 8.36. The summed E-state index contributed by atoms with van der Waals surface area (Å²) in [6, 6.07) is 10.3. The molecule has 0 amide bonds. The van der Waals surface area contributed by atoms with Crippen LogP contribution in [0.25, 0.3) is 0 Å². The third kappa shape index (κ3) is 2.52. The zero-order valence-corrected chi connectivity index (χ0v) is 11.8. The van der Waals surface area contributed by atoms with Crippen LogP contribution in [0.15, 0.2) is 28.7 Å². The van der Waals surface area contributed by atoms with Crippen molar-refractivity contribution in [3.63, 3.8) is 0 Å². The van der Waals surface area contributed by atoms with Gasteiger partial charge in [0.1, 0.15) is 0 Å². The van der Waals surface area contributed by atoms with Gasteiger partial charge in [0.15, 0.2) is 0 Å². The van der Waals surface area contributed by atoms with Gasteiger partial charge >= 0.3 is 0 Å². The zero-order chi connectivity index (χ0) is 11.7. The molecule has 0 N–H and O–H groups in total. The third-order valence-electron chi connectivity index (χ3n) is 4.04. The van der Waals surface area contributed by atoms with Crippen molar-refractivity contribution in [3.8, 4) is 0 Å². The lowest BCUT2D eigenvalue weighted by Crippen LogP contribution is -2.38. The van der Waals surface area contributed by atoms with E-state index in [2.05, 4.69) is 45.1 Å². The average Bonchev–Trinajstić information content (AvgIpc) is 3.18. The fraction of sp³-hybridized carbons (Fsp3) is 0.600. The van der Waals surface area contributed by atoms with Crippen molar-refractivity contribution >= 4 is 21.6 Å². The number of rotatable bonds is 3. The van der Waals surface area contributed by atoms with Crippen LogP contribution in [-0.2, 0) is 0 Å². The van der Waals surface area contributed by atoms with E-state index in [1.54, 1.807) is 0 Å². The minimum atomic E-state index is 0.787. The average molecular weight is 294 g/mol. The summed E-state index contributed by atoms with van der Waals surface area (Å²) < 4.78 is 1.26. The first-order valence-corrected chi connectivity index (χ1v) is 7.68. The summed E-state index contributed by atoms with van der Waals surface area (Å²) in [5.74, 6) is 0. The molecule has 0 bridgehead atoms. The van der Waals surface area contributed by atoms with Crippen LogP contribution < -0.4 is 4.90 Å². The van der Waals surface area contributed by atoms with Gasteiger partial charge < -0.3 is 4.90 Å². The summed E-state index contributed by atoms with van der Waals surface area (Å²) in [6.45, 7) is 0. The summed E-state index contributed by atoms with van der Waals surface area (Å²) >= 11 is 3.72. The van der Waals surface area contributed by atoms with Crippen LogP contribution in [0.2, 0.25) is 0 Å². The van der Waals surface area contributed by atoms with Gasteiger partial charge in [0, 0.05) is 16.6 Å². The van der Waals surface area contributed by atoms with Crippen molar-refractivity contribution in [3.05, 3.63) is 28.7 Å². The van der Waals surface area contributed by atoms with E-state index < -0.39 is 0 Å². The molecule has 0 heterocycles. The van der Waals surface area contributed by atoms with E-state index in [1.165, 1.54) is 55.1 Å². The molecule has 0 unspecified atom stereocenters. The highest BCUT2D eigenvalue weighted by Crippen LogP contribution is 2.40. The second kappa shape index (κ2) is 5.01. The Hall–Kier alpha value is -0.500. The van der Waals surface area contributed by atoms with E-state index in [4.69, 9.17) is 0 Å². The number of hydrogen-bond donors (Lipinski definition) is 0. The molecule has 0 saturated heterocycles. The fourth-order valence-corrected chi connectivity index (χ4v) is 3.55. The molecule has 1 aromatic rings. The lowest BCUT2D eigenvalue weighted by Gasteiger charge is -2.37. The molecule has 1 nitrogen and oxygen atoms in total. The number of nitrogens with zero attached hydrogens (tertiary/aromatic N) is 1. The summed E-state index contributed by atoms with van der Waals surface area (Å²) in [4.78, 5) is 2.71.